The molecule has 1 aliphatic rings. The first-order valence-corrected chi connectivity index (χ1v) is 9.41. The standard InChI is InChI=1S/C19H21N3OS/c1-21-14-18(24(23)15-6-3-2-4-7-15)16-8-5-9-17(19(16)21)22-12-10-20-11-13-22/h2-9,14,20H,10-13H2,1H3. The molecule has 1 N–H and O–H groups in total. The molecular weight excluding hydrogens is 318 g/mol. The van der Waals surface area contributed by atoms with Gasteiger partial charge in [0.2, 0.25) is 0 Å². The van der Waals surface area contributed by atoms with E-state index in [0.717, 1.165) is 41.4 Å². The number of hydrogen-bond donors (Lipinski definition) is 1. The molecule has 0 spiro atoms. The smallest absolute Gasteiger partial charge is 0.0871 e. The highest BCUT2D eigenvalue weighted by Gasteiger charge is 2.19. The molecule has 5 heteroatoms. The number of nitrogens with zero attached hydrogens (tertiary/aromatic N) is 2. The first-order chi connectivity index (χ1) is 11.8. The molecule has 1 fully saturated rings. The molecule has 4 nitrogen and oxygen atoms in total. The summed E-state index contributed by atoms with van der Waals surface area (Å²) in [6.07, 6.45) is 2.01. The molecule has 0 saturated carbocycles. The summed E-state index contributed by atoms with van der Waals surface area (Å²) >= 11 is 0. The van der Waals surface area contributed by atoms with Gasteiger partial charge in [-0.05, 0) is 18.2 Å². The molecule has 1 atom stereocenters. The molecule has 4 rings (SSSR count). The van der Waals surface area contributed by atoms with Crippen molar-refractivity contribution >= 4 is 27.4 Å². The molecule has 0 amide bonds. The normalized spacial score (nSPS) is 16.5. The first kappa shape index (κ1) is 15.4. The van der Waals surface area contributed by atoms with E-state index in [0.29, 0.717) is 0 Å². The third-order valence-electron chi connectivity index (χ3n) is 4.56. The van der Waals surface area contributed by atoms with Gasteiger partial charge in [-0.15, -0.1) is 0 Å². The molecule has 1 saturated heterocycles. The van der Waals surface area contributed by atoms with E-state index < -0.39 is 10.8 Å². The number of aryl methyl sites for hydroxylation is 1. The van der Waals surface area contributed by atoms with Crippen molar-refractivity contribution in [2.45, 2.75) is 9.79 Å². The lowest BCUT2D eigenvalue weighted by Gasteiger charge is -2.30. The number of piperazine rings is 1. The number of rotatable bonds is 3. The Labute approximate surface area is 144 Å². The number of fused-ring (bicyclic) bond motifs is 1. The monoisotopic (exact) mass is 339 g/mol. The predicted molar refractivity (Wildman–Crippen MR) is 99.1 cm³/mol. The van der Waals surface area contributed by atoms with Crippen molar-refractivity contribution in [3.8, 4) is 0 Å². The van der Waals surface area contributed by atoms with Crippen molar-refractivity contribution in [1.82, 2.24) is 9.88 Å². The van der Waals surface area contributed by atoms with Crippen LogP contribution in [0.1, 0.15) is 0 Å². The summed E-state index contributed by atoms with van der Waals surface area (Å²) in [7, 11) is 0.876. The molecule has 1 aliphatic heterocycles. The van der Waals surface area contributed by atoms with Gasteiger partial charge in [-0.1, -0.05) is 30.3 Å². The van der Waals surface area contributed by atoms with E-state index in [1.807, 2.05) is 43.6 Å². The summed E-state index contributed by atoms with van der Waals surface area (Å²) in [5.41, 5.74) is 2.39. The van der Waals surface area contributed by atoms with Gasteiger partial charge < -0.3 is 14.8 Å². The lowest BCUT2D eigenvalue weighted by Crippen LogP contribution is -2.43. The number of nitrogens with one attached hydrogen (secondary N) is 1. The molecule has 0 radical (unpaired) electrons. The van der Waals surface area contributed by atoms with Crippen molar-refractivity contribution in [2.24, 2.45) is 7.05 Å². The number of para-hydroxylation sites is 1. The second kappa shape index (κ2) is 6.42. The van der Waals surface area contributed by atoms with Crippen LogP contribution in [0.25, 0.3) is 10.9 Å². The van der Waals surface area contributed by atoms with Crippen LogP contribution in [0.4, 0.5) is 5.69 Å². The lowest BCUT2D eigenvalue weighted by atomic mass is 10.2. The minimum atomic E-state index is -1.17. The molecule has 24 heavy (non-hydrogen) atoms. The van der Waals surface area contributed by atoms with E-state index in [2.05, 4.69) is 33.0 Å². The third kappa shape index (κ3) is 2.64. The van der Waals surface area contributed by atoms with Crippen LogP contribution in [0.5, 0.6) is 0 Å². The maximum atomic E-state index is 13.0. The minimum Gasteiger partial charge on any atom is -0.367 e. The van der Waals surface area contributed by atoms with Crippen LogP contribution in [-0.4, -0.2) is 35.0 Å². The Bertz CT molecular complexity index is 882. The van der Waals surface area contributed by atoms with Gasteiger partial charge in [-0.25, -0.2) is 4.21 Å². The molecule has 0 aliphatic carbocycles. The zero-order valence-electron chi connectivity index (χ0n) is 13.7. The van der Waals surface area contributed by atoms with Crippen LogP contribution in [0, 0.1) is 0 Å². The number of benzene rings is 2. The zero-order valence-corrected chi connectivity index (χ0v) is 14.6. The predicted octanol–water partition coefficient (Wildman–Crippen LogP) is 2.75. The maximum Gasteiger partial charge on any atom is 0.0871 e. The van der Waals surface area contributed by atoms with E-state index in [1.54, 1.807) is 0 Å². The summed E-state index contributed by atoms with van der Waals surface area (Å²) < 4.78 is 15.1. The Kier molecular flexibility index (Phi) is 4.12. The van der Waals surface area contributed by atoms with Gasteiger partial charge >= 0.3 is 0 Å². The number of anilines is 1. The molecular formula is C19H21N3OS. The van der Waals surface area contributed by atoms with E-state index in [-0.39, 0.29) is 0 Å². The van der Waals surface area contributed by atoms with Crippen molar-refractivity contribution in [3.63, 3.8) is 0 Å². The maximum absolute atomic E-state index is 13.0. The van der Waals surface area contributed by atoms with Gasteiger partial charge in [0.05, 0.1) is 26.9 Å². The first-order valence-electron chi connectivity index (χ1n) is 8.26. The SMILES string of the molecule is Cn1cc(S(=O)c2ccccc2)c2cccc(N3CCNCC3)c21. The molecule has 2 heterocycles. The zero-order chi connectivity index (χ0) is 16.5. The van der Waals surface area contributed by atoms with Crippen molar-refractivity contribution in [1.29, 1.82) is 0 Å². The van der Waals surface area contributed by atoms with Crippen LogP contribution in [0.3, 0.4) is 0 Å². The van der Waals surface area contributed by atoms with Gasteiger partial charge in [0.1, 0.15) is 0 Å². The second-order valence-electron chi connectivity index (χ2n) is 6.10. The van der Waals surface area contributed by atoms with E-state index in [4.69, 9.17) is 0 Å². The fourth-order valence-electron chi connectivity index (χ4n) is 3.39. The Morgan fingerprint density at radius 3 is 2.50 bits per heavy atom. The van der Waals surface area contributed by atoms with Crippen molar-refractivity contribution in [2.75, 3.05) is 31.1 Å². The fraction of sp³-hybridized carbons (Fsp3) is 0.263. The van der Waals surface area contributed by atoms with E-state index >= 15 is 0 Å². The fourth-order valence-corrected chi connectivity index (χ4v) is 4.67. The molecule has 124 valence electrons. The van der Waals surface area contributed by atoms with Crippen LogP contribution in [0.2, 0.25) is 0 Å². The van der Waals surface area contributed by atoms with Gasteiger partial charge in [0, 0.05) is 49.7 Å². The molecule has 3 aromatic rings. The average Bonchev–Trinajstić information content (AvgIpc) is 2.99. The third-order valence-corrected chi connectivity index (χ3v) is 5.98. The summed E-state index contributed by atoms with van der Waals surface area (Å²) in [5.74, 6) is 0. The van der Waals surface area contributed by atoms with E-state index in [1.165, 1.54) is 11.2 Å². The largest absolute Gasteiger partial charge is 0.367 e. The topological polar surface area (TPSA) is 37.3 Å². The van der Waals surface area contributed by atoms with Crippen LogP contribution >= 0.6 is 0 Å². The van der Waals surface area contributed by atoms with E-state index in [9.17, 15) is 4.21 Å². The number of hydrogen-bond acceptors (Lipinski definition) is 3. The van der Waals surface area contributed by atoms with Gasteiger partial charge in [0.15, 0.2) is 0 Å². The van der Waals surface area contributed by atoms with Gasteiger partial charge in [0.25, 0.3) is 0 Å². The highest BCUT2D eigenvalue weighted by atomic mass is 32.2. The van der Waals surface area contributed by atoms with Crippen LogP contribution < -0.4 is 10.2 Å². The summed E-state index contributed by atoms with van der Waals surface area (Å²) in [6, 6.07) is 16.0. The summed E-state index contributed by atoms with van der Waals surface area (Å²) in [5, 5.41) is 4.47. The van der Waals surface area contributed by atoms with Gasteiger partial charge in [-0.3, -0.25) is 0 Å². The van der Waals surface area contributed by atoms with Crippen molar-refractivity contribution in [3.05, 3.63) is 54.7 Å². The molecule has 1 unspecified atom stereocenters. The molecule has 1 aromatic heterocycles. The summed E-state index contributed by atoms with van der Waals surface area (Å²) in [4.78, 5) is 4.14. The van der Waals surface area contributed by atoms with Gasteiger partial charge in [-0.2, -0.15) is 0 Å². The Balaban J connectivity index is 1.83. The van der Waals surface area contributed by atoms with Crippen LogP contribution in [0.15, 0.2) is 64.5 Å². The molecule has 0 bridgehead atoms. The number of aromatic nitrogens is 1. The van der Waals surface area contributed by atoms with Crippen LogP contribution in [-0.2, 0) is 17.8 Å². The Morgan fingerprint density at radius 2 is 1.75 bits per heavy atom. The highest BCUT2D eigenvalue weighted by Crippen LogP contribution is 2.33. The Morgan fingerprint density at radius 1 is 1.00 bits per heavy atom. The summed E-state index contributed by atoms with van der Waals surface area (Å²) in [6.45, 7) is 4.01. The quantitative estimate of drug-likeness (QED) is 0.797. The second-order valence-corrected chi connectivity index (χ2v) is 7.55. The Hall–Kier alpha value is -2.11. The average molecular weight is 339 g/mol. The lowest BCUT2D eigenvalue weighted by molar-refractivity contribution is 0.590. The van der Waals surface area contributed by atoms with Crippen molar-refractivity contribution < 1.29 is 4.21 Å². The highest BCUT2D eigenvalue weighted by molar-refractivity contribution is 7.85. The molecule has 2 aromatic carbocycles. The minimum absolute atomic E-state index is 0.845.